The summed E-state index contributed by atoms with van der Waals surface area (Å²) in [5, 5.41) is 3.55. The van der Waals surface area contributed by atoms with Crippen molar-refractivity contribution in [3.05, 3.63) is 29.8 Å². The highest BCUT2D eigenvalue weighted by molar-refractivity contribution is 5.33. The van der Waals surface area contributed by atoms with Crippen LogP contribution in [-0.2, 0) is 6.42 Å². The summed E-state index contributed by atoms with van der Waals surface area (Å²) in [6.07, 6.45) is 3.88. The van der Waals surface area contributed by atoms with Crippen LogP contribution in [0.2, 0.25) is 0 Å². The molecule has 0 spiro atoms. The van der Waals surface area contributed by atoms with Crippen molar-refractivity contribution in [2.24, 2.45) is 5.92 Å². The van der Waals surface area contributed by atoms with Crippen LogP contribution >= 0.6 is 0 Å². The lowest BCUT2D eigenvalue weighted by Crippen LogP contribution is -2.37. The normalized spacial score (nSPS) is 16.4. The third-order valence-electron chi connectivity index (χ3n) is 4.23. The zero-order valence-electron chi connectivity index (χ0n) is 13.1. The van der Waals surface area contributed by atoms with Gasteiger partial charge in [0.05, 0.1) is 7.11 Å². The summed E-state index contributed by atoms with van der Waals surface area (Å²) in [6, 6.07) is 8.84. The Morgan fingerprint density at radius 2 is 2.10 bits per heavy atom. The molecule has 0 radical (unpaired) electrons. The Morgan fingerprint density at radius 3 is 2.80 bits per heavy atom. The third kappa shape index (κ3) is 4.80. The fourth-order valence-corrected chi connectivity index (χ4v) is 2.45. The molecule has 1 aliphatic carbocycles. The van der Waals surface area contributed by atoms with Gasteiger partial charge in [0.25, 0.3) is 0 Å². The summed E-state index contributed by atoms with van der Waals surface area (Å²) in [5.74, 6) is 1.96. The fraction of sp³-hybridized carbons (Fsp3) is 0.647. The highest BCUT2D eigenvalue weighted by Gasteiger charge is 2.20. The van der Waals surface area contributed by atoms with Crippen molar-refractivity contribution < 1.29 is 4.74 Å². The number of nitrogens with zero attached hydrogens (tertiary/aromatic N) is 1. The summed E-state index contributed by atoms with van der Waals surface area (Å²) >= 11 is 0. The van der Waals surface area contributed by atoms with E-state index in [9.17, 15) is 0 Å². The van der Waals surface area contributed by atoms with E-state index >= 15 is 0 Å². The van der Waals surface area contributed by atoms with Crippen molar-refractivity contribution in [1.29, 1.82) is 0 Å². The van der Waals surface area contributed by atoms with E-state index in [0.29, 0.717) is 6.04 Å². The molecule has 0 aromatic heterocycles. The molecule has 2 rings (SSSR count). The predicted octanol–water partition coefficient (Wildman–Crippen LogP) is 2.56. The first kappa shape index (κ1) is 15.3. The van der Waals surface area contributed by atoms with Crippen LogP contribution in [0.25, 0.3) is 0 Å². The standard InChI is InChI=1S/C17H28N2O/c1-14(12-16-6-4-5-7-17(16)20-3)19(2)11-10-18-13-15-8-9-15/h4-7,14-15,18H,8-13H2,1-3H3. The molecule has 112 valence electrons. The molecular weight excluding hydrogens is 248 g/mol. The van der Waals surface area contributed by atoms with E-state index in [-0.39, 0.29) is 0 Å². The van der Waals surface area contributed by atoms with E-state index in [1.54, 1.807) is 7.11 Å². The summed E-state index contributed by atoms with van der Waals surface area (Å²) in [4.78, 5) is 2.42. The van der Waals surface area contributed by atoms with E-state index in [1.165, 1.54) is 24.9 Å². The number of likely N-dealkylation sites (N-methyl/N-ethyl adjacent to an activating group) is 1. The first-order valence-electron chi connectivity index (χ1n) is 7.73. The van der Waals surface area contributed by atoms with Crippen molar-refractivity contribution in [2.45, 2.75) is 32.2 Å². The number of nitrogens with one attached hydrogen (secondary N) is 1. The van der Waals surface area contributed by atoms with Gasteiger partial charge in [-0.05, 0) is 57.3 Å². The lowest BCUT2D eigenvalue weighted by molar-refractivity contribution is 0.254. The maximum absolute atomic E-state index is 5.43. The molecule has 0 amide bonds. The molecule has 1 fully saturated rings. The van der Waals surface area contributed by atoms with Crippen LogP contribution in [0.5, 0.6) is 5.75 Å². The molecule has 0 heterocycles. The molecule has 1 unspecified atom stereocenters. The molecule has 1 N–H and O–H groups in total. The van der Waals surface area contributed by atoms with Crippen molar-refractivity contribution in [3.63, 3.8) is 0 Å². The molecule has 3 nitrogen and oxygen atoms in total. The zero-order chi connectivity index (χ0) is 14.4. The first-order valence-corrected chi connectivity index (χ1v) is 7.73. The Labute approximate surface area is 123 Å². The molecule has 1 saturated carbocycles. The van der Waals surface area contributed by atoms with Gasteiger partial charge in [-0.2, -0.15) is 0 Å². The van der Waals surface area contributed by atoms with Crippen molar-refractivity contribution in [3.8, 4) is 5.75 Å². The number of rotatable bonds is 9. The van der Waals surface area contributed by atoms with Gasteiger partial charge < -0.3 is 15.0 Å². The highest BCUT2D eigenvalue weighted by Crippen LogP contribution is 2.27. The molecule has 0 bridgehead atoms. The van der Waals surface area contributed by atoms with Crippen LogP contribution in [0.15, 0.2) is 24.3 Å². The Kier molecular flexibility index (Phi) is 5.86. The molecule has 3 heteroatoms. The number of ether oxygens (including phenoxy) is 1. The maximum atomic E-state index is 5.43. The summed E-state index contributed by atoms with van der Waals surface area (Å²) in [5.41, 5.74) is 1.29. The number of para-hydroxylation sites is 1. The minimum atomic E-state index is 0.522. The van der Waals surface area contributed by atoms with Gasteiger partial charge in [0, 0.05) is 19.1 Å². The molecular formula is C17H28N2O. The van der Waals surface area contributed by atoms with Crippen molar-refractivity contribution >= 4 is 0 Å². The van der Waals surface area contributed by atoms with Crippen LogP contribution < -0.4 is 10.1 Å². The van der Waals surface area contributed by atoms with Gasteiger partial charge in [0.1, 0.15) is 5.75 Å². The summed E-state index contributed by atoms with van der Waals surface area (Å²) < 4.78 is 5.43. The predicted molar refractivity (Wildman–Crippen MR) is 84.4 cm³/mol. The Morgan fingerprint density at radius 1 is 1.35 bits per heavy atom. The quantitative estimate of drug-likeness (QED) is 0.702. The van der Waals surface area contributed by atoms with E-state index in [0.717, 1.165) is 31.2 Å². The van der Waals surface area contributed by atoms with Crippen molar-refractivity contribution in [2.75, 3.05) is 33.8 Å². The van der Waals surface area contributed by atoms with Gasteiger partial charge >= 0.3 is 0 Å². The monoisotopic (exact) mass is 276 g/mol. The molecule has 20 heavy (non-hydrogen) atoms. The van der Waals surface area contributed by atoms with Gasteiger partial charge in [-0.15, -0.1) is 0 Å². The molecule has 0 aliphatic heterocycles. The van der Waals surface area contributed by atoms with Gasteiger partial charge in [0.15, 0.2) is 0 Å². The SMILES string of the molecule is COc1ccccc1CC(C)N(C)CCNCC1CC1. The van der Waals surface area contributed by atoms with E-state index in [1.807, 2.05) is 12.1 Å². The topological polar surface area (TPSA) is 24.5 Å². The lowest BCUT2D eigenvalue weighted by atomic mass is 10.1. The second-order valence-electron chi connectivity index (χ2n) is 5.99. The van der Waals surface area contributed by atoms with Crippen LogP contribution in [0, 0.1) is 5.92 Å². The lowest BCUT2D eigenvalue weighted by Gasteiger charge is -2.25. The number of hydrogen-bond acceptors (Lipinski definition) is 3. The Balaban J connectivity index is 1.72. The summed E-state index contributed by atoms with van der Waals surface area (Å²) in [7, 11) is 3.95. The number of hydrogen-bond donors (Lipinski definition) is 1. The Hall–Kier alpha value is -1.06. The van der Waals surface area contributed by atoms with E-state index in [4.69, 9.17) is 4.74 Å². The smallest absolute Gasteiger partial charge is 0.122 e. The Bertz CT molecular complexity index is 404. The second kappa shape index (κ2) is 7.65. The average molecular weight is 276 g/mol. The van der Waals surface area contributed by atoms with Gasteiger partial charge in [-0.3, -0.25) is 0 Å². The molecule has 1 aromatic carbocycles. The van der Waals surface area contributed by atoms with E-state index < -0.39 is 0 Å². The highest BCUT2D eigenvalue weighted by atomic mass is 16.5. The van der Waals surface area contributed by atoms with Crippen LogP contribution in [0.1, 0.15) is 25.3 Å². The number of benzene rings is 1. The van der Waals surface area contributed by atoms with Crippen molar-refractivity contribution in [1.82, 2.24) is 10.2 Å². The third-order valence-corrected chi connectivity index (χ3v) is 4.23. The minimum absolute atomic E-state index is 0.522. The summed E-state index contributed by atoms with van der Waals surface area (Å²) in [6.45, 7) is 5.67. The van der Waals surface area contributed by atoms with Crippen LogP contribution in [0.3, 0.4) is 0 Å². The maximum Gasteiger partial charge on any atom is 0.122 e. The van der Waals surface area contributed by atoms with Crippen LogP contribution in [-0.4, -0.2) is 44.7 Å². The average Bonchev–Trinajstić information content (AvgIpc) is 3.28. The van der Waals surface area contributed by atoms with Crippen LogP contribution in [0.4, 0.5) is 0 Å². The van der Waals surface area contributed by atoms with Gasteiger partial charge in [-0.1, -0.05) is 18.2 Å². The minimum Gasteiger partial charge on any atom is -0.496 e. The zero-order valence-corrected chi connectivity index (χ0v) is 13.1. The fourth-order valence-electron chi connectivity index (χ4n) is 2.45. The largest absolute Gasteiger partial charge is 0.496 e. The molecule has 1 atom stereocenters. The second-order valence-corrected chi connectivity index (χ2v) is 5.99. The van der Waals surface area contributed by atoms with E-state index in [2.05, 4.69) is 36.3 Å². The molecule has 0 saturated heterocycles. The first-order chi connectivity index (χ1) is 9.70. The molecule has 1 aromatic rings. The molecule has 1 aliphatic rings. The number of methoxy groups -OCH3 is 1. The van der Waals surface area contributed by atoms with Gasteiger partial charge in [-0.25, -0.2) is 0 Å². The van der Waals surface area contributed by atoms with Gasteiger partial charge in [0.2, 0.25) is 0 Å².